The molecule has 0 atom stereocenters. The molecule has 0 heterocycles. The molecule has 1 amide bonds. The van der Waals surface area contributed by atoms with Crippen molar-refractivity contribution >= 4 is 20.0 Å². The molecule has 0 aliphatic rings. The topological polar surface area (TPSA) is 29.5 Å². The molecule has 1 aromatic carbocycles. The predicted octanol–water partition coefficient (Wildman–Crippen LogP) is 4.68. The fourth-order valence-corrected chi connectivity index (χ4v) is 3.07. The molecule has 21 heavy (non-hydrogen) atoms. The van der Waals surface area contributed by atoms with E-state index >= 15 is 0 Å². The van der Waals surface area contributed by atoms with Crippen molar-refractivity contribution in [1.29, 1.82) is 0 Å². The molecule has 0 fully saturated rings. The lowest BCUT2D eigenvalue weighted by molar-refractivity contribution is 0.137. The van der Waals surface area contributed by atoms with Crippen LogP contribution in [0.1, 0.15) is 19.4 Å². The highest BCUT2D eigenvalue weighted by Crippen LogP contribution is 2.28. The Morgan fingerprint density at radius 3 is 2.10 bits per heavy atom. The van der Waals surface area contributed by atoms with Gasteiger partial charge in [-0.25, -0.2) is 9.18 Å². The molecular weight excluding hydrogens is 285 g/mol. The first-order valence-electron chi connectivity index (χ1n) is 7.23. The van der Waals surface area contributed by atoms with E-state index in [1.54, 1.807) is 29.2 Å². The maximum absolute atomic E-state index is 14.7. The number of carbonyl (C=O) groups is 1. The van der Waals surface area contributed by atoms with Crippen LogP contribution in [0, 0.1) is 0 Å². The minimum absolute atomic E-state index is 0.200. The lowest BCUT2D eigenvalue weighted by Crippen LogP contribution is -2.35. The Morgan fingerprint density at radius 1 is 1.14 bits per heavy atom. The maximum atomic E-state index is 14.7. The van der Waals surface area contributed by atoms with Gasteiger partial charge in [0, 0.05) is 18.7 Å². The van der Waals surface area contributed by atoms with E-state index in [0.29, 0.717) is 18.7 Å². The van der Waals surface area contributed by atoms with Gasteiger partial charge >= 0.3 is 6.09 Å². The van der Waals surface area contributed by atoms with Gasteiger partial charge in [-0.1, -0.05) is 50.0 Å². The van der Waals surface area contributed by atoms with Gasteiger partial charge in [0.1, 0.15) is 13.5 Å². The summed E-state index contributed by atoms with van der Waals surface area (Å²) < 4.78 is 20.2. The fourth-order valence-electron chi connectivity index (χ4n) is 1.88. The van der Waals surface area contributed by atoms with Gasteiger partial charge in [0.05, 0.1) is 0 Å². The number of carbonyl (C=O) groups excluding carboxylic acids is 1. The summed E-state index contributed by atoms with van der Waals surface area (Å²) in [5.41, 5.74) is 0.447. The van der Waals surface area contributed by atoms with E-state index in [9.17, 15) is 9.18 Å². The van der Waals surface area contributed by atoms with Crippen molar-refractivity contribution in [2.75, 3.05) is 13.1 Å². The molecule has 116 valence electrons. The minimum Gasteiger partial charge on any atom is -0.417 e. The van der Waals surface area contributed by atoms with Gasteiger partial charge in [0.15, 0.2) is 5.83 Å². The highest BCUT2D eigenvalue weighted by Gasteiger charge is 2.30. The van der Waals surface area contributed by atoms with Crippen molar-refractivity contribution in [2.45, 2.75) is 33.5 Å². The first-order valence-corrected chi connectivity index (χ1v) is 10.7. The van der Waals surface area contributed by atoms with Gasteiger partial charge in [-0.05, 0) is 13.8 Å². The van der Waals surface area contributed by atoms with Crippen LogP contribution in [0.3, 0.4) is 0 Å². The number of rotatable bonds is 5. The van der Waals surface area contributed by atoms with E-state index in [0.717, 1.165) is 0 Å². The number of ether oxygens (including phenoxy) is 1. The Hall–Kier alpha value is -1.62. The van der Waals surface area contributed by atoms with Crippen molar-refractivity contribution in [3.63, 3.8) is 0 Å². The third-order valence-electron chi connectivity index (χ3n) is 3.12. The number of benzene rings is 1. The summed E-state index contributed by atoms with van der Waals surface area (Å²) in [4.78, 5) is 13.7. The number of hydrogen-bond donors (Lipinski definition) is 0. The van der Waals surface area contributed by atoms with E-state index < -0.39 is 20.0 Å². The maximum Gasteiger partial charge on any atom is 0.414 e. The van der Waals surface area contributed by atoms with Crippen molar-refractivity contribution in [1.82, 2.24) is 4.90 Å². The predicted molar refractivity (Wildman–Crippen MR) is 87.2 cm³/mol. The number of hydrogen-bond acceptors (Lipinski definition) is 2. The molecule has 1 rings (SSSR count). The van der Waals surface area contributed by atoms with Crippen LogP contribution in [0.4, 0.5) is 9.18 Å². The molecule has 0 aliphatic carbocycles. The molecule has 5 heteroatoms. The average molecular weight is 309 g/mol. The zero-order chi connectivity index (χ0) is 16.0. The second-order valence-corrected chi connectivity index (χ2v) is 10.8. The second kappa shape index (κ2) is 7.40. The fraction of sp³-hybridized carbons (Fsp3) is 0.438. The van der Waals surface area contributed by atoms with Crippen molar-refractivity contribution in [3.05, 3.63) is 41.3 Å². The smallest absolute Gasteiger partial charge is 0.414 e. The zero-order valence-electron chi connectivity index (χ0n) is 13.4. The zero-order valence-corrected chi connectivity index (χ0v) is 14.4. The number of nitrogens with zero attached hydrogens (tertiary/aromatic N) is 1. The van der Waals surface area contributed by atoms with Gasteiger partial charge in [-0.15, -0.1) is 0 Å². The van der Waals surface area contributed by atoms with Gasteiger partial charge in [-0.2, -0.15) is 0 Å². The van der Waals surface area contributed by atoms with Crippen molar-refractivity contribution < 1.29 is 13.9 Å². The number of amides is 1. The van der Waals surface area contributed by atoms with E-state index in [1.165, 1.54) is 0 Å². The van der Waals surface area contributed by atoms with Crippen LogP contribution in [0.15, 0.2) is 35.7 Å². The quantitative estimate of drug-likeness (QED) is 0.584. The van der Waals surface area contributed by atoms with E-state index in [4.69, 9.17) is 4.74 Å². The van der Waals surface area contributed by atoms with E-state index in [-0.39, 0.29) is 5.38 Å². The van der Waals surface area contributed by atoms with Crippen LogP contribution < -0.4 is 0 Å². The average Bonchev–Trinajstić information content (AvgIpc) is 2.45. The van der Waals surface area contributed by atoms with Crippen molar-refractivity contribution in [3.8, 4) is 0 Å². The van der Waals surface area contributed by atoms with Crippen LogP contribution in [0.5, 0.6) is 0 Å². The lowest BCUT2D eigenvalue weighted by Gasteiger charge is -2.25. The Balaban J connectivity index is 3.16. The molecule has 0 bridgehead atoms. The highest BCUT2D eigenvalue weighted by atomic mass is 28.3. The summed E-state index contributed by atoms with van der Waals surface area (Å²) in [7, 11) is -2.13. The van der Waals surface area contributed by atoms with Crippen LogP contribution in [-0.4, -0.2) is 32.2 Å². The summed E-state index contributed by atoms with van der Waals surface area (Å²) >= 11 is 0. The molecule has 0 saturated carbocycles. The third-order valence-corrected chi connectivity index (χ3v) is 4.80. The summed E-state index contributed by atoms with van der Waals surface area (Å²) in [6.45, 7) is 10.7. The molecule has 0 aliphatic heterocycles. The van der Waals surface area contributed by atoms with Gasteiger partial charge in [0.25, 0.3) is 0 Å². The van der Waals surface area contributed by atoms with Gasteiger partial charge in [-0.3, -0.25) is 0 Å². The summed E-state index contributed by atoms with van der Waals surface area (Å²) in [5, 5.41) is 0.200. The molecule has 0 saturated heterocycles. The molecule has 0 radical (unpaired) electrons. The third kappa shape index (κ3) is 4.70. The Bertz CT molecular complexity index is 505. The second-order valence-electron chi connectivity index (χ2n) is 5.80. The Kier molecular flexibility index (Phi) is 6.14. The highest BCUT2D eigenvalue weighted by molar-refractivity contribution is 6.83. The molecule has 3 nitrogen and oxygen atoms in total. The van der Waals surface area contributed by atoms with Gasteiger partial charge in [0.2, 0.25) is 0 Å². The van der Waals surface area contributed by atoms with Crippen LogP contribution >= 0.6 is 0 Å². The van der Waals surface area contributed by atoms with Crippen LogP contribution in [0.25, 0.3) is 5.83 Å². The molecular formula is C16H24FNO2Si. The summed E-state index contributed by atoms with van der Waals surface area (Å²) in [6.07, 6.45) is -0.483. The van der Waals surface area contributed by atoms with Crippen LogP contribution in [0.2, 0.25) is 19.6 Å². The Morgan fingerprint density at radius 2 is 1.67 bits per heavy atom. The molecule has 1 aromatic rings. The van der Waals surface area contributed by atoms with Crippen molar-refractivity contribution in [2.24, 2.45) is 0 Å². The monoisotopic (exact) mass is 309 g/mol. The normalized spacial score (nSPS) is 12.7. The van der Waals surface area contributed by atoms with Crippen LogP contribution in [-0.2, 0) is 4.74 Å². The SMILES string of the molecule is CCN(CC)C(=O)O/C(=C(/F)c1ccccc1)[Si](C)(C)C. The largest absolute Gasteiger partial charge is 0.417 e. The van der Waals surface area contributed by atoms with E-state index in [2.05, 4.69) is 0 Å². The summed E-state index contributed by atoms with van der Waals surface area (Å²) in [6, 6.07) is 8.72. The minimum atomic E-state index is -2.13. The molecule has 0 spiro atoms. The first-order chi connectivity index (χ1) is 9.81. The first kappa shape index (κ1) is 17.4. The Labute approximate surface area is 127 Å². The van der Waals surface area contributed by atoms with Gasteiger partial charge < -0.3 is 9.64 Å². The molecule has 0 unspecified atom stereocenters. The standard InChI is InChI=1S/C16H24FNO2Si/c1-6-18(7-2)16(19)20-15(21(3,4)5)14(17)13-11-9-8-10-12-13/h8-12H,6-7H2,1-5H3/b15-14-. The lowest BCUT2D eigenvalue weighted by atomic mass is 10.2. The molecule has 0 N–H and O–H groups in total. The number of halogens is 1. The molecule has 0 aromatic heterocycles. The van der Waals surface area contributed by atoms with E-state index in [1.807, 2.05) is 39.6 Å². The summed E-state index contributed by atoms with van der Waals surface area (Å²) in [5.74, 6) is -0.435.